The van der Waals surface area contributed by atoms with Crippen molar-refractivity contribution in [3.05, 3.63) is 65.2 Å². The van der Waals surface area contributed by atoms with Gasteiger partial charge < -0.3 is 11.1 Å². The number of nitrogens with one attached hydrogen (secondary N) is 1. The minimum atomic E-state index is -0.221. The van der Waals surface area contributed by atoms with E-state index >= 15 is 0 Å². The van der Waals surface area contributed by atoms with Crippen LogP contribution in [0.5, 0.6) is 0 Å². The molecule has 1 heterocycles. The second-order valence-corrected chi connectivity index (χ2v) is 7.08. The summed E-state index contributed by atoms with van der Waals surface area (Å²) in [4.78, 5) is 14.8. The first-order chi connectivity index (χ1) is 12.1. The highest BCUT2D eigenvalue weighted by Crippen LogP contribution is 2.33. The van der Waals surface area contributed by atoms with Gasteiger partial charge in [0.2, 0.25) is 5.91 Å². The minimum Gasteiger partial charge on any atom is -0.330 e. The van der Waals surface area contributed by atoms with Gasteiger partial charge in [-0.05, 0) is 43.1 Å². The van der Waals surface area contributed by atoms with Gasteiger partial charge in [0.1, 0.15) is 0 Å². The number of benzene rings is 2. The van der Waals surface area contributed by atoms with Gasteiger partial charge in [-0.2, -0.15) is 0 Å². The molecule has 1 aliphatic rings. The summed E-state index contributed by atoms with van der Waals surface area (Å²) in [6.45, 7) is 4.25. The number of carbonyl (C=O) groups is 1. The molecule has 3 N–H and O–H groups in total. The van der Waals surface area contributed by atoms with Crippen molar-refractivity contribution in [3.8, 4) is 0 Å². The zero-order chi connectivity index (χ0) is 17.8. The van der Waals surface area contributed by atoms with E-state index in [2.05, 4.69) is 34.5 Å². The van der Waals surface area contributed by atoms with Gasteiger partial charge in [-0.25, -0.2) is 0 Å². The molecule has 6 heteroatoms. The van der Waals surface area contributed by atoms with Crippen molar-refractivity contribution in [2.24, 2.45) is 11.7 Å². The molecule has 0 bridgehead atoms. The van der Waals surface area contributed by atoms with Crippen LogP contribution < -0.4 is 11.1 Å². The monoisotopic (exact) mass is 393 g/mol. The quantitative estimate of drug-likeness (QED) is 0.812. The molecule has 3 atom stereocenters. The highest BCUT2D eigenvalue weighted by Gasteiger charge is 2.36. The van der Waals surface area contributed by atoms with Crippen molar-refractivity contribution in [2.45, 2.75) is 18.9 Å². The zero-order valence-electron chi connectivity index (χ0n) is 14.8. The summed E-state index contributed by atoms with van der Waals surface area (Å²) in [6, 6.07) is 17.4. The molecule has 1 amide bonds. The lowest BCUT2D eigenvalue weighted by Gasteiger charge is -2.23. The Morgan fingerprint density at radius 2 is 1.96 bits per heavy atom. The molecule has 3 rings (SSSR count). The Labute approximate surface area is 166 Å². The van der Waals surface area contributed by atoms with Crippen LogP contribution in [0.15, 0.2) is 54.6 Å². The van der Waals surface area contributed by atoms with E-state index in [0.29, 0.717) is 23.4 Å². The normalized spacial score (nSPS) is 21.0. The zero-order valence-corrected chi connectivity index (χ0v) is 16.3. The standard InChI is InChI=1S/C20H24ClN3O.ClH/c1-14(20(25)23-18-9-5-8-17(21)10-18)24-12-16(11-22)19(13-24)15-6-3-2-4-7-15;/h2-10,14,16,19H,11-13,22H2,1H3,(H,23,25);1H/t14?,16-,19+;/m1./s1. The molecule has 1 saturated heterocycles. The lowest BCUT2D eigenvalue weighted by atomic mass is 9.89. The first-order valence-corrected chi connectivity index (χ1v) is 9.01. The molecule has 0 aromatic heterocycles. The Morgan fingerprint density at radius 1 is 1.23 bits per heavy atom. The molecule has 140 valence electrons. The molecule has 0 aliphatic carbocycles. The molecule has 1 aliphatic heterocycles. The van der Waals surface area contributed by atoms with E-state index in [4.69, 9.17) is 17.3 Å². The van der Waals surface area contributed by atoms with Crippen LogP contribution in [-0.2, 0) is 4.79 Å². The average molecular weight is 394 g/mol. The predicted molar refractivity (Wildman–Crippen MR) is 110 cm³/mol. The van der Waals surface area contributed by atoms with Gasteiger partial charge >= 0.3 is 0 Å². The van der Waals surface area contributed by atoms with Gasteiger partial charge in [0, 0.05) is 29.7 Å². The van der Waals surface area contributed by atoms with Crippen LogP contribution in [-0.4, -0.2) is 36.5 Å². The van der Waals surface area contributed by atoms with Gasteiger partial charge in [-0.1, -0.05) is 48.0 Å². The average Bonchev–Trinajstić information content (AvgIpc) is 3.06. The number of carbonyl (C=O) groups excluding carboxylic acids is 1. The van der Waals surface area contributed by atoms with Gasteiger partial charge in [0.05, 0.1) is 6.04 Å². The molecule has 0 spiro atoms. The van der Waals surface area contributed by atoms with Crippen molar-refractivity contribution < 1.29 is 4.79 Å². The summed E-state index contributed by atoms with van der Waals surface area (Å²) in [5.74, 6) is 0.711. The van der Waals surface area contributed by atoms with Gasteiger partial charge in [-0.15, -0.1) is 12.4 Å². The van der Waals surface area contributed by atoms with Crippen LogP contribution in [0.3, 0.4) is 0 Å². The van der Waals surface area contributed by atoms with E-state index in [1.54, 1.807) is 12.1 Å². The van der Waals surface area contributed by atoms with Crippen molar-refractivity contribution in [1.82, 2.24) is 4.90 Å². The van der Waals surface area contributed by atoms with Gasteiger partial charge in [0.25, 0.3) is 0 Å². The summed E-state index contributed by atoms with van der Waals surface area (Å²) >= 11 is 5.98. The number of rotatable bonds is 5. The first-order valence-electron chi connectivity index (χ1n) is 8.64. The third-order valence-electron chi connectivity index (χ3n) is 5.02. The van der Waals surface area contributed by atoms with Gasteiger partial charge in [0.15, 0.2) is 0 Å². The first kappa shape index (κ1) is 20.7. The van der Waals surface area contributed by atoms with Crippen LogP contribution in [0.25, 0.3) is 0 Å². The van der Waals surface area contributed by atoms with Crippen molar-refractivity contribution >= 4 is 35.6 Å². The molecule has 4 nitrogen and oxygen atoms in total. The van der Waals surface area contributed by atoms with E-state index in [9.17, 15) is 4.79 Å². The maximum atomic E-state index is 12.6. The summed E-state index contributed by atoms with van der Waals surface area (Å²) in [6.07, 6.45) is 0. The van der Waals surface area contributed by atoms with Crippen LogP contribution in [0.2, 0.25) is 5.02 Å². The van der Waals surface area contributed by atoms with Crippen LogP contribution in [0.1, 0.15) is 18.4 Å². The Morgan fingerprint density at radius 3 is 2.62 bits per heavy atom. The molecule has 1 fully saturated rings. The van der Waals surface area contributed by atoms with Crippen molar-refractivity contribution in [2.75, 3.05) is 25.0 Å². The maximum absolute atomic E-state index is 12.6. The highest BCUT2D eigenvalue weighted by molar-refractivity contribution is 6.30. The number of nitrogens with two attached hydrogens (primary N) is 1. The van der Waals surface area contributed by atoms with Crippen LogP contribution >= 0.6 is 24.0 Å². The Hall–Kier alpha value is -1.59. The Balaban J connectivity index is 0.00000243. The molecule has 2 aromatic carbocycles. The molecule has 1 unspecified atom stereocenters. The van der Waals surface area contributed by atoms with E-state index in [1.165, 1.54) is 5.56 Å². The number of likely N-dealkylation sites (tertiary alicyclic amines) is 1. The van der Waals surface area contributed by atoms with E-state index in [-0.39, 0.29) is 24.4 Å². The van der Waals surface area contributed by atoms with Gasteiger partial charge in [-0.3, -0.25) is 9.69 Å². The topological polar surface area (TPSA) is 58.4 Å². The second-order valence-electron chi connectivity index (χ2n) is 6.64. The number of halogens is 2. The molecule has 2 aromatic rings. The summed E-state index contributed by atoms with van der Waals surface area (Å²) < 4.78 is 0. The van der Waals surface area contributed by atoms with Crippen molar-refractivity contribution in [1.29, 1.82) is 0 Å². The highest BCUT2D eigenvalue weighted by atomic mass is 35.5. The third kappa shape index (κ3) is 4.77. The molecule has 0 saturated carbocycles. The summed E-state index contributed by atoms with van der Waals surface area (Å²) in [5, 5.41) is 3.56. The van der Waals surface area contributed by atoms with E-state index in [0.717, 1.165) is 18.8 Å². The molecular weight excluding hydrogens is 369 g/mol. The molecule has 26 heavy (non-hydrogen) atoms. The number of nitrogens with zero attached hydrogens (tertiary/aromatic N) is 1. The summed E-state index contributed by atoms with van der Waals surface area (Å²) in [7, 11) is 0. The fraction of sp³-hybridized carbons (Fsp3) is 0.350. The number of hydrogen-bond donors (Lipinski definition) is 2. The van der Waals surface area contributed by atoms with E-state index in [1.807, 2.05) is 25.1 Å². The van der Waals surface area contributed by atoms with Crippen LogP contribution in [0.4, 0.5) is 5.69 Å². The Kier molecular flexibility index (Phi) is 7.47. The molecular formula is C20H25Cl2N3O. The minimum absolute atomic E-state index is 0. The van der Waals surface area contributed by atoms with E-state index < -0.39 is 0 Å². The predicted octanol–water partition coefficient (Wildman–Crippen LogP) is 3.76. The maximum Gasteiger partial charge on any atom is 0.241 e. The largest absolute Gasteiger partial charge is 0.330 e. The number of amides is 1. The fourth-order valence-electron chi connectivity index (χ4n) is 3.52. The molecule has 0 radical (unpaired) electrons. The van der Waals surface area contributed by atoms with Crippen LogP contribution in [0, 0.1) is 5.92 Å². The summed E-state index contributed by atoms with van der Waals surface area (Å²) in [5.41, 5.74) is 8.01. The van der Waals surface area contributed by atoms with Crippen molar-refractivity contribution in [3.63, 3.8) is 0 Å². The third-order valence-corrected chi connectivity index (χ3v) is 5.25. The lowest BCUT2D eigenvalue weighted by Crippen LogP contribution is -2.41. The smallest absolute Gasteiger partial charge is 0.241 e. The Bertz CT molecular complexity index is 726. The SMILES string of the molecule is CC(C(=O)Nc1cccc(Cl)c1)N1C[C@@H](CN)[C@H](c2ccccc2)C1.Cl. The lowest BCUT2D eigenvalue weighted by molar-refractivity contribution is -0.120. The fourth-order valence-corrected chi connectivity index (χ4v) is 3.71. The number of anilines is 1. The number of hydrogen-bond acceptors (Lipinski definition) is 3. The second kappa shape index (κ2) is 9.38.